The van der Waals surface area contributed by atoms with Crippen LogP contribution in [-0.2, 0) is 9.53 Å². The van der Waals surface area contributed by atoms with Crippen LogP contribution in [0.1, 0.15) is 26.2 Å². The number of carbonyl (C=O) groups excluding carboxylic acids is 1. The van der Waals surface area contributed by atoms with E-state index in [4.69, 9.17) is 16.3 Å². The Morgan fingerprint density at radius 2 is 2.35 bits per heavy atom. The summed E-state index contributed by atoms with van der Waals surface area (Å²) in [4.78, 5) is 18.2. The molecule has 0 N–H and O–H groups in total. The summed E-state index contributed by atoms with van der Waals surface area (Å²) in [6.07, 6.45) is 4.14. The van der Waals surface area contributed by atoms with E-state index in [1.165, 1.54) is 6.08 Å². The lowest BCUT2D eigenvalue weighted by Gasteiger charge is -2.36. The lowest BCUT2D eigenvalue weighted by Crippen LogP contribution is -2.40. The van der Waals surface area contributed by atoms with E-state index in [0.717, 1.165) is 18.4 Å². The largest absolute Gasteiger partial charge is 0.463 e. The van der Waals surface area contributed by atoms with E-state index < -0.39 is 6.17 Å². The highest BCUT2D eigenvalue weighted by Crippen LogP contribution is 2.39. The quantitative estimate of drug-likeness (QED) is 0.594. The molecule has 2 atom stereocenters. The first kappa shape index (κ1) is 13.6. The highest BCUT2D eigenvalue weighted by Gasteiger charge is 2.40. The number of allylic oxidation sites excluding steroid dienone is 1. The van der Waals surface area contributed by atoms with Crippen molar-refractivity contribution in [3.05, 3.63) is 23.4 Å². The molecule has 0 aromatic heterocycles. The summed E-state index contributed by atoms with van der Waals surface area (Å²) >= 11 is 5.82. The van der Waals surface area contributed by atoms with E-state index in [1.54, 1.807) is 6.92 Å². The van der Waals surface area contributed by atoms with E-state index in [1.807, 2.05) is 11.1 Å². The summed E-state index contributed by atoms with van der Waals surface area (Å²) in [5, 5.41) is -0.0163. The number of fused-ring (bicyclic) bond motifs is 1. The lowest BCUT2D eigenvalue weighted by atomic mass is 9.95. The number of carbonyl (C=O) groups is 1. The molecule has 0 bridgehead atoms. The van der Waals surface area contributed by atoms with Gasteiger partial charge in [-0.1, -0.05) is 11.6 Å². The molecule has 20 heavy (non-hydrogen) atoms. The van der Waals surface area contributed by atoms with Crippen molar-refractivity contribution in [2.24, 2.45) is 4.99 Å². The summed E-state index contributed by atoms with van der Waals surface area (Å²) in [7, 11) is 0. The zero-order valence-corrected chi connectivity index (χ0v) is 11.9. The molecule has 1 saturated carbocycles. The molecule has 0 spiro atoms. The number of ether oxygens (including phenoxy) is 1. The zero-order chi connectivity index (χ0) is 14.3. The Balaban J connectivity index is 1.91. The first-order valence-corrected chi connectivity index (χ1v) is 7.21. The molecule has 6 heteroatoms. The molecule has 108 valence electrons. The predicted molar refractivity (Wildman–Crippen MR) is 74.2 cm³/mol. The van der Waals surface area contributed by atoms with Crippen LogP contribution in [0.15, 0.2) is 28.4 Å². The van der Waals surface area contributed by atoms with Gasteiger partial charge in [-0.3, -0.25) is 0 Å². The fraction of sp³-hybridized carbons (Fsp3) is 0.571. The fourth-order valence-corrected chi connectivity index (χ4v) is 2.72. The van der Waals surface area contributed by atoms with E-state index >= 15 is 0 Å². The number of rotatable bonds is 3. The number of esters is 1. The molecule has 2 aliphatic heterocycles. The third kappa shape index (κ3) is 2.46. The highest BCUT2D eigenvalue weighted by molar-refractivity contribution is 6.66. The van der Waals surface area contributed by atoms with Gasteiger partial charge in [0.25, 0.3) is 0 Å². The molecule has 3 rings (SSSR count). The summed E-state index contributed by atoms with van der Waals surface area (Å²) in [6.45, 7) is 2.10. The minimum Gasteiger partial charge on any atom is -0.463 e. The van der Waals surface area contributed by atoms with Gasteiger partial charge in [-0.25, -0.2) is 14.2 Å². The van der Waals surface area contributed by atoms with Crippen molar-refractivity contribution in [3.63, 3.8) is 0 Å². The number of nitrogens with zero attached hydrogens (tertiary/aromatic N) is 2. The van der Waals surface area contributed by atoms with Gasteiger partial charge in [-0.15, -0.1) is 0 Å². The second-order valence-electron chi connectivity index (χ2n) is 5.20. The molecular formula is C14H16ClFN2O2. The number of halogens is 2. The molecule has 0 saturated heterocycles. The predicted octanol–water partition coefficient (Wildman–Crippen LogP) is 2.54. The summed E-state index contributed by atoms with van der Waals surface area (Å²) in [5.41, 5.74) is 1.35. The Bertz CT molecular complexity index is 525. The standard InChI is InChI=1S/C14H16ClFN2O2/c1-2-20-14(19)9-5-8-6-11(16)12(15)17-13(8)18(7-9)10-3-4-10/h6-7,10-11,13H,2-5H2,1H3. The van der Waals surface area contributed by atoms with Crippen molar-refractivity contribution in [2.45, 2.75) is 44.6 Å². The summed E-state index contributed by atoms with van der Waals surface area (Å²) in [6, 6.07) is 0.359. The van der Waals surface area contributed by atoms with Crippen molar-refractivity contribution >= 4 is 22.7 Å². The number of aliphatic imine (C=N–C) groups is 1. The Kier molecular flexibility index (Phi) is 3.54. The second-order valence-corrected chi connectivity index (χ2v) is 5.59. The highest BCUT2D eigenvalue weighted by atomic mass is 35.5. The minimum atomic E-state index is -1.37. The van der Waals surface area contributed by atoms with Gasteiger partial charge in [0, 0.05) is 18.7 Å². The van der Waals surface area contributed by atoms with Gasteiger partial charge in [0.2, 0.25) is 0 Å². The van der Waals surface area contributed by atoms with Gasteiger partial charge in [-0.2, -0.15) is 0 Å². The number of dihydropyridines is 1. The summed E-state index contributed by atoms with van der Waals surface area (Å²) in [5.74, 6) is -0.339. The van der Waals surface area contributed by atoms with Crippen LogP contribution >= 0.6 is 11.6 Å². The van der Waals surface area contributed by atoms with Gasteiger partial charge in [-0.05, 0) is 31.4 Å². The maximum Gasteiger partial charge on any atom is 0.335 e. The SMILES string of the molecule is CCOC(=O)C1=CN(C2CC2)C2N=C(Cl)C(F)C=C2C1. The van der Waals surface area contributed by atoms with Crippen molar-refractivity contribution in [2.75, 3.05) is 6.61 Å². The van der Waals surface area contributed by atoms with Crippen molar-refractivity contribution < 1.29 is 13.9 Å². The van der Waals surface area contributed by atoms with Gasteiger partial charge < -0.3 is 9.64 Å². The Hall–Kier alpha value is -1.36. The van der Waals surface area contributed by atoms with Crippen LogP contribution in [0, 0.1) is 0 Å². The molecule has 0 amide bonds. The van der Waals surface area contributed by atoms with Crippen LogP contribution in [0.4, 0.5) is 4.39 Å². The maximum absolute atomic E-state index is 13.7. The third-order valence-electron chi connectivity index (χ3n) is 3.65. The van der Waals surface area contributed by atoms with Crippen LogP contribution in [-0.4, -0.2) is 41.0 Å². The average molecular weight is 299 g/mol. The average Bonchev–Trinajstić information content (AvgIpc) is 3.23. The molecule has 0 radical (unpaired) electrons. The fourth-order valence-electron chi connectivity index (χ4n) is 2.56. The molecule has 4 nitrogen and oxygen atoms in total. The first-order valence-electron chi connectivity index (χ1n) is 6.83. The van der Waals surface area contributed by atoms with Crippen LogP contribution in [0.3, 0.4) is 0 Å². The Morgan fingerprint density at radius 3 is 3.00 bits per heavy atom. The minimum absolute atomic E-state index is 0.0163. The van der Waals surface area contributed by atoms with E-state index in [-0.39, 0.29) is 17.3 Å². The van der Waals surface area contributed by atoms with Gasteiger partial charge in [0.1, 0.15) is 11.3 Å². The third-order valence-corrected chi connectivity index (χ3v) is 3.96. The van der Waals surface area contributed by atoms with Crippen molar-refractivity contribution in [3.8, 4) is 0 Å². The normalized spacial score (nSPS) is 29.1. The van der Waals surface area contributed by atoms with Crippen molar-refractivity contribution in [1.82, 2.24) is 4.90 Å². The molecular weight excluding hydrogens is 283 g/mol. The maximum atomic E-state index is 13.7. The van der Waals surface area contributed by atoms with Crippen molar-refractivity contribution in [1.29, 1.82) is 0 Å². The molecule has 0 aromatic rings. The Morgan fingerprint density at radius 1 is 1.60 bits per heavy atom. The summed E-state index contributed by atoms with van der Waals surface area (Å²) < 4.78 is 18.7. The van der Waals surface area contributed by atoms with Crippen LogP contribution < -0.4 is 0 Å². The molecule has 2 unspecified atom stereocenters. The van der Waals surface area contributed by atoms with Gasteiger partial charge in [0.15, 0.2) is 6.17 Å². The van der Waals surface area contributed by atoms with Crippen LogP contribution in [0.5, 0.6) is 0 Å². The zero-order valence-electron chi connectivity index (χ0n) is 11.2. The second kappa shape index (κ2) is 5.20. The topological polar surface area (TPSA) is 41.9 Å². The van der Waals surface area contributed by atoms with Gasteiger partial charge in [0.05, 0.1) is 12.2 Å². The van der Waals surface area contributed by atoms with E-state index in [9.17, 15) is 9.18 Å². The van der Waals surface area contributed by atoms with E-state index in [2.05, 4.69) is 4.99 Å². The molecule has 0 aromatic carbocycles. The molecule has 1 aliphatic carbocycles. The number of alkyl halides is 1. The number of hydrogen-bond donors (Lipinski definition) is 0. The first-order chi connectivity index (χ1) is 9.60. The van der Waals surface area contributed by atoms with Crippen LogP contribution in [0.25, 0.3) is 0 Å². The lowest BCUT2D eigenvalue weighted by molar-refractivity contribution is -0.138. The van der Waals surface area contributed by atoms with Gasteiger partial charge >= 0.3 is 5.97 Å². The Labute approximate surface area is 121 Å². The smallest absolute Gasteiger partial charge is 0.335 e. The van der Waals surface area contributed by atoms with Crippen LogP contribution in [0.2, 0.25) is 0 Å². The monoisotopic (exact) mass is 298 g/mol. The number of hydrogen-bond acceptors (Lipinski definition) is 4. The molecule has 1 fully saturated rings. The molecule has 2 heterocycles. The van der Waals surface area contributed by atoms with E-state index in [0.29, 0.717) is 24.6 Å². The molecule has 3 aliphatic rings.